The van der Waals surface area contributed by atoms with E-state index in [0.717, 1.165) is 6.42 Å². The van der Waals surface area contributed by atoms with Gasteiger partial charge in [-0.2, -0.15) is 8.42 Å². The molecule has 0 aromatic heterocycles. The van der Waals surface area contributed by atoms with Crippen LogP contribution in [0.1, 0.15) is 33.6 Å². The molecule has 1 aromatic rings. The molecule has 0 saturated carbocycles. The Morgan fingerprint density at radius 2 is 1.88 bits per heavy atom. The van der Waals surface area contributed by atoms with E-state index < -0.39 is 21.8 Å². The summed E-state index contributed by atoms with van der Waals surface area (Å²) in [6.45, 7) is 5.82. The van der Waals surface area contributed by atoms with Crippen LogP contribution in [0, 0.1) is 0 Å². The minimum Gasteiger partial charge on any atom is -0.497 e. The van der Waals surface area contributed by atoms with E-state index in [1.807, 2.05) is 0 Å². The zero-order valence-corrected chi connectivity index (χ0v) is 15.8. The van der Waals surface area contributed by atoms with E-state index in [9.17, 15) is 13.2 Å². The molecule has 1 aliphatic heterocycles. The Bertz CT molecular complexity index is 693. The topological polar surface area (TPSA) is 82.1 Å². The second-order valence-electron chi connectivity index (χ2n) is 6.88. The van der Waals surface area contributed by atoms with E-state index in [-0.39, 0.29) is 17.5 Å². The van der Waals surface area contributed by atoms with Crippen molar-refractivity contribution in [2.24, 2.45) is 0 Å². The molecule has 25 heavy (non-hydrogen) atoms. The highest BCUT2D eigenvalue weighted by atomic mass is 32.2. The minimum absolute atomic E-state index is 0.0510. The van der Waals surface area contributed by atoms with Crippen molar-refractivity contribution in [1.29, 1.82) is 0 Å². The Balaban J connectivity index is 1.99. The first kappa shape index (κ1) is 19.5. The standard InChI is InChI=1S/C17H25NO6S/c1-17(2,3)24-16(19)18-11-5-6-13(18)12-23-25(20,21)15-9-7-14(22-4)8-10-15/h7-10,13H,5-6,11-12H2,1-4H3. The lowest BCUT2D eigenvalue weighted by molar-refractivity contribution is 0.0189. The van der Waals surface area contributed by atoms with Gasteiger partial charge in [-0.15, -0.1) is 0 Å². The SMILES string of the molecule is COc1ccc(S(=O)(=O)OCC2CCCN2C(=O)OC(C)(C)C)cc1. The molecule has 1 saturated heterocycles. The van der Waals surface area contributed by atoms with Gasteiger partial charge >= 0.3 is 6.09 Å². The van der Waals surface area contributed by atoms with Crippen molar-refractivity contribution >= 4 is 16.2 Å². The molecule has 8 heteroatoms. The van der Waals surface area contributed by atoms with Gasteiger partial charge in [-0.3, -0.25) is 4.18 Å². The van der Waals surface area contributed by atoms with Crippen LogP contribution in [0.25, 0.3) is 0 Å². The third-order valence-corrected chi connectivity index (χ3v) is 5.06. The first-order valence-electron chi connectivity index (χ1n) is 8.15. The van der Waals surface area contributed by atoms with Crippen molar-refractivity contribution in [2.45, 2.75) is 50.2 Å². The van der Waals surface area contributed by atoms with Gasteiger partial charge in [0.1, 0.15) is 11.4 Å². The van der Waals surface area contributed by atoms with Gasteiger partial charge in [-0.1, -0.05) is 0 Å². The van der Waals surface area contributed by atoms with Crippen LogP contribution in [-0.4, -0.2) is 51.3 Å². The summed E-state index contributed by atoms with van der Waals surface area (Å²) in [4.78, 5) is 13.8. The fourth-order valence-electron chi connectivity index (χ4n) is 2.55. The van der Waals surface area contributed by atoms with Crippen LogP contribution in [0.3, 0.4) is 0 Å². The number of ether oxygens (including phenoxy) is 2. The van der Waals surface area contributed by atoms with Crippen molar-refractivity contribution in [3.63, 3.8) is 0 Å². The largest absolute Gasteiger partial charge is 0.497 e. The van der Waals surface area contributed by atoms with Crippen molar-refractivity contribution in [1.82, 2.24) is 4.90 Å². The van der Waals surface area contributed by atoms with E-state index in [1.54, 1.807) is 32.9 Å². The molecule has 1 fully saturated rings. The Kier molecular flexibility index (Phi) is 5.95. The van der Waals surface area contributed by atoms with Crippen molar-refractivity contribution in [2.75, 3.05) is 20.3 Å². The molecular formula is C17H25NO6S. The summed E-state index contributed by atoms with van der Waals surface area (Å²) < 4.78 is 40.1. The lowest BCUT2D eigenvalue weighted by atomic mass is 10.2. The molecule has 1 heterocycles. The highest BCUT2D eigenvalue weighted by Crippen LogP contribution is 2.23. The van der Waals surface area contributed by atoms with Crippen LogP contribution in [0.15, 0.2) is 29.2 Å². The van der Waals surface area contributed by atoms with Crippen molar-refractivity contribution in [3.8, 4) is 5.75 Å². The number of nitrogens with zero attached hydrogens (tertiary/aromatic N) is 1. The number of carbonyl (C=O) groups excluding carboxylic acids is 1. The monoisotopic (exact) mass is 371 g/mol. The summed E-state index contributed by atoms with van der Waals surface area (Å²) in [5, 5.41) is 0. The summed E-state index contributed by atoms with van der Waals surface area (Å²) in [7, 11) is -2.39. The molecular weight excluding hydrogens is 346 g/mol. The average molecular weight is 371 g/mol. The van der Waals surface area contributed by atoms with Crippen LogP contribution >= 0.6 is 0 Å². The predicted molar refractivity (Wildman–Crippen MR) is 92.1 cm³/mol. The maximum atomic E-state index is 12.3. The molecule has 140 valence electrons. The summed E-state index contributed by atoms with van der Waals surface area (Å²) in [6, 6.07) is 5.64. The molecule has 1 amide bonds. The van der Waals surface area contributed by atoms with Gasteiger partial charge in [0.2, 0.25) is 0 Å². The maximum Gasteiger partial charge on any atom is 0.410 e. The minimum atomic E-state index is -3.89. The van der Waals surface area contributed by atoms with Crippen molar-refractivity contribution < 1.29 is 26.9 Å². The molecule has 0 radical (unpaired) electrons. The fourth-order valence-corrected chi connectivity index (χ4v) is 3.49. The van der Waals surface area contributed by atoms with Gasteiger partial charge in [0.15, 0.2) is 0 Å². The smallest absolute Gasteiger partial charge is 0.410 e. The summed E-state index contributed by atoms with van der Waals surface area (Å²) >= 11 is 0. The first-order valence-corrected chi connectivity index (χ1v) is 9.56. The van der Waals surface area contributed by atoms with E-state index in [1.165, 1.54) is 24.1 Å². The average Bonchev–Trinajstić information content (AvgIpc) is 3.00. The van der Waals surface area contributed by atoms with Gasteiger partial charge in [0, 0.05) is 6.54 Å². The third-order valence-electron chi connectivity index (χ3n) is 3.77. The molecule has 0 bridgehead atoms. The molecule has 1 aliphatic rings. The number of benzene rings is 1. The molecule has 1 unspecified atom stereocenters. The summed E-state index contributed by atoms with van der Waals surface area (Å²) in [5.41, 5.74) is -0.597. The van der Waals surface area contributed by atoms with Gasteiger partial charge < -0.3 is 14.4 Å². The number of carbonyl (C=O) groups is 1. The Morgan fingerprint density at radius 1 is 1.24 bits per heavy atom. The lowest BCUT2D eigenvalue weighted by Crippen LogP contribution is -2.42. The van der Waals surface area contributed by atoms with E-state index in [4.69, 9.17) is 13.7 Å². The van der Waals surface area contributed by atoms with Gasteiger partial charge in [-0.05, 0) is 57.9 Å². The van der Waals surface area contributed by atoms with Crippen LogP contribution in [-0.2, 0) is 19.0 Å². The molecule has 7 nitrogen and oxygen atoms in total. The second-order valence-corrected chi connectivity index (χ2v) is 8.50. The quantitative estimate of drug-likeness (QED) is 0.740. The zero-order valence-electron chi connectivity index (χ0n) is 15.0. The highest BCUT2D eigenvalue weighted by molar-refractivity contribution is 7.86. The molecule has 2 rings (SSSR count). The Hall–Kier alpha value is -1.80. The molecule has 1 atom stereocenters. The number of likely N-dealkylation sites (tertiary alicyclic amines) is 1. The zero-order chi connectivity index (χ0) is 18.7. The number of hydrogen-bond acceptors (Lipinski definition) is 6. The highest BCUT2D eigenvalue weighted by Gasteiger charge is 2.33. The fraction of sp³-hybridized carbons (Fsp3) is 0.588. The van der Waals surface area contributed by atoms with Gasteiger partial charge in [-0.25, -0.2) is 4.79 Å². The normalized spacial score (nSPS) is 18.2. The van der Waals surface area contributed by atoms with Gasteiger partial charge in [0.05, 0.1) is 24.7 Å². The number of methoxy groups -OCH3 is 1. The van der Waals surface area contributed by atoms with Crippen molar-refractivity contribution in [3.05, 3.63) is 24.3 Å². The maximum absolute atomic E-state index is 12.3. The number of rotatable bonds is 5. The van der Waals surface area contributed by atoms with Gasteiger partial charge in [0.25, 0.3) is 10.1 Å². The number of hydrogen-bond donors (Lipinski definition) is 0. The van der Waals surface area contributed by atoms with E-state index in [0.29, 0.717) is 18.7 Å². The Morgan fingerprint density at radius 3 is 2.44 bits per heavy atom. The van der Waals surface area contributed by atoms with Crippen LogP contribution in [0.4, 0.5) is 4.79 Å². The predicted octanol–water partition coefficient (Wildman–Crippen LogP) is 2.80. The lowest BCUT2D eigenvalue weighted by Gasteiger charge is -2.28. The molecule has 1 aromatic carbocycles. The summed E-state index contributed by atoms with van der Waals surface area (Å²) in [6.07, 6.45) is 1.02. The second kappa shape index (κ2) is 7.61. The Labute approximate surface area is 149 Å². The van der Waals surface area contributed by atoms with Crippen LogP contribution < -0.4 is 4.74 Å². The molecule has 0 N–H and O–H groups in total. The molecule has 0 aliphatic carbocycles. The first-order chi connectivity index (χ1) is 11.6. The van der Waals surface area contributed by atoms with E-state index >= 15 is 0 Å². The molecule has 0 spiro atoms. The number of amides is 1. The van der Waals surface area contributed by atoms with Crippen LogP contribution in [0.5, 0.6) is 5.75 Å². The summed E-state index contributed by atoms with van der Waals surface area (Å²) in [5.74, 6) is 0.561. The van der Waals surface area contributed by atoms with Crippen LogP contribution in [0.2, 0.25) is 0 Å². The van der Waals surface area contributed by atoms with E-state index in [2.05, 4.69) is 0 Å². The third kappa shape index (κ3) is 5.34.